The van der Waals surface area contributed by atoms with Crippen LogP contribution in [0.3, 0.4) is 0 Å². The molecular weight excluding hydrogens is 531 g/mol. The van der Waals surface area contributed by atoms with Crippen molar-refractivity contribution in [3.63, 3.8) is 0 Å². The second-order valence-electron chi connectivity index (χ2n) is 5.00. The Kier molecular flexibility index (Phi) is 23.4. The van der Waals surface area contributed by atoms with Gasteiger partial charge in [0.25, 0.3) is 0 Å². The Balaban J connectivity index is -0.000000288. The number of hydrogen-bond donors (Lipinski definition) is 6. The maximum absolute atomic E-state index is 11.7. The van der Waals surface area contributed by atoms with Crippen molar-refractivity contribution in [1.29, 1.82) is 0 Å². The van der Waals surface area contributed by atoms with E-state index in [-0.39, 0.29) is 55.4 Å². The second-order valence-corrected chi connectivity index (χ2v) is 5.00. The maximum atomic E-state index is 11.7. The van der Waals surface area contributed by atoms with Crippen molar-refractivity contribution in [1.82, 2.24) is 0 Å². The second kappa shape index (κ2) is 16.7. The standard InChI is InChI=1S/C12H14O13.3H2O.2Zn/c13-5(14)1-11(24,9(20)21)4-8(19)25-12(10(22)23,2-6(15)16)3-7(17)18;;;;;/h24H,1-4H2,(H,13,14)(H,15,16)(H,17,18)(H,20,21)(H,22,23);3*1H2;;. The SMILES string of the molecule is O.O.O.O=C(O)CC(O)(CC(=O)OC(CC(=O)O)(CC(=O)O)C(=O)O)C(=O)O.[Zn].[Zn]. The number of esters is 1. The van der Waals surface area contributed by atoms with Crippen LogP contribution in [0.4, 0.5) is 0 Å². The third-order valence-electron chi connectivity index (χ3n) is 2.85. The molecule has 0 fully saturated rings. The molecule has 30 heavy (non-hydrogen) atoms. The summed E-state index contributed by atoms with van der Waals surface area (Å²) in [4.78, 5) is 66.0. The summed E-state index contributed by atoms with van der Waals surface area (Å²) in [6, 6.07) is 0. The number of aliphatic carboxylic acids is 5. The van der Waals surface area contributed by atoms with Gasteiger partial charge in [-0.05, 0) is 0 Å². The van der Waals surface area contributed by atoms with Crippen LogP contribution < -0.4 is 0 Å². The van der Waals surface area contributed by atoms with Crippen molar-refractivity contribution in [2.75, 3.05) is 0 Å². The molecule has 0 saturated heterocycles. The Hall–Kier alpha value is -2.09. The molecule has 0 aromatic rings. The minimum atomic E-state index is -3.17. The normalized spacial score (nSPS) is 11.1. The van der Waals surface area contributed by atoms with E-state index in [1.165, 1.54) is 0 Å². The number of rotatable bonds is 11. The van der Waals surface area contributed by atoms with Gasteiger partial charge in [-0.2, -0.15) is 0 Å². The number of ether oxygens (including phenoxy) is 1. The average molecular weight is 551 g/mol. The summed E-state index contributed by atoms with van der Waals surface area (Å²) in [5.74, 6) is -11.6. The monoisotopic (exact) mass is 548 g/mol. The number of carboxylic acids is 5. The zero-order valence-electron chi connectivity index (χ0n) is 15.3. The summed E-state index contributed by atoms with van der Waals surface area (Å²) < 4.78 is 4.33. The molecule has 0 bridgehead atoms. The van der Waals surface area contributed by atoms with Crippen molar-refractivity contribution in [2.24, 2.45) is 0 Å². The fourth-order valence-corrected chi connectivity index (χ4v) is 1.77. The molecule has 168 valence electrons. The van der Waals surface area contributed by atoms with Gasteiger partial charge >= 0.3 is 35.8 Å². The quantitative estimate of drug-likeness (QED) is 0.104. The van der Waals surface area contributed by atoms with E-state index >= 15 is 0 Å². The van der Waals surface area contributed by atoms with Crippen LogP contribution in [0.2, 0.25) is 0 Å². The van der Waals surface area contributed by atoms with Crippen molar-refractivity contribution in [3.05, 3.63) is 0 Å². The van der Waals surface area contributed by atoms with E-state index in [1.807, 2.05) is 0 Å². The third-order valence-corrected chi connectivity index (χ3v) is 2.85. The molecule has 0 aliphatic heterocycles. The summed E-state index contributed by atoms with van der Waals surface area (Å²) in [6.45, 7) is 0. The maximum Gasteiger partial charge on any atom is 0.349 e. The molecule has 0 rings (SSSR count). The van der Waals surface area contributed by atoms with Gasteiger partial charge in [0.1, 0.15) is 0 Å². The Morgan fingerprint density at radius 2 is 0.933 bits per heavy atom. The van der Waals surface area contributed by atoms with Gasteiger partial charge in [0.15, 0.2) is 5.60 Å². The zero-order valence-corrected chi connectivity index (χ0v) is 21.2. The van der Waals surface area contributed by atoms with Gasteiger partial charge in [-0.25, -0.2) is 9.59 Å². The smallest absolute Gasteiger partial charge is 0.349 e. The molecule has 16 nitrogen and oxygen atoms in total. The Bertz CT molecular complexity index is 603. The van der Waals surface area contributed by atoms with Crippen LogP contribution in [-0.4, -0.2) is 94.1 Å². The fraction of sp³-hybridized carbons (Fsp3) is 0.500. The van der Waals surface area contributed by atoms with Crippen LogP contribution in [-0.2, 0) is 72.5 Å². The average Bonchev–Trinajstić information content (AvgIpc) is 2.34. The van der Waals surface area contributed by atoms with Crippen LogP contribution in [0.15, 0.2) is 0 Å². The van der Waals surface area contributed by atoms with Gasteiger partial charge in [0.2, 0.25) is 5.60 Å². The van der Waals surface area contributed by atoms with E-state index in [2.05, 4.69) is 4.74 Å². The van der Waals surface area contributed by atoms with Crippen molar-refractivity contribution in [3.8, 4) is 0 Å². The van der Waals surface area contributed by atoms with Crippen LogP contribution in [0, 0.1) is 0 Å². The van der Waals surface area contributed by atoms with Gasteiger partial charge in [-0.15, -0.1) is 0 Å². The molecule has 0 aromatic heterocycles. The minimum Gasteiger partial charge on any atom is -0.481 e. The fourth-order valence-electron chi connectivity index (χ4n) is 1.77. The molecule has 1 atom stereocenters. The van der Waals surface area contributed by atoms with E-state index in [0.29, 0.717) is 0 Å². The van der Waals surface area contributed by atoms with Gasteiger partial charge in [0.05, 0.1) is 25.7 Å². The first-order chi connectivity index (χ1) is 11.2. The summed E-state index contributed by atoms with van der Waals surface area (Å²) >= 11 is 0. The van der Waals surface area contributed by atoms with Crippen molar-refractivity contribution < 1.29 is 120 Å². The zero-order chi connectivity index (χ0) is 20.0. The minimum absolute atomic E-state index is 0. The van der Waals surface area contributed by atoms with Crippen molar-refractivity contribution >= 4 is 35.8 Å². The summed E-state index contributed by atoms with van der Waals surface area (Å²) in [5.41, 5.74) is -6.24. The molecule has 18 heteroatoms. The van der Waals surface area contributed by atoms with Gasteiger partial charge in [-0.1, -0.05) is 0 Å². The number of carbonyl (C=O) groups excluding carboxylic acids is 1. The predicted octanol–water partition coefficient (Wildman–Crippen LogP) is -4.50. The first-order valence-corrected chi connectivity index (χ1v) is 6.30. The Labute approximate surface area is 192 Å². The van der Waals surface area contributed by atoms with E-state index < -0.39 is 72.7 Å². The number of hydrogen-bond acceptors (Lipinski definition) is 8. The molecule has 12 N–H and O–H groups in total. The molecule has 1 unspecified atom stereocenters. The summed E-state index contributed by atoms with van der Waals surface area (Å²) in [7, 11) is 0. The van der Waals surface area contributed by atoms with E-state index in [9.17, 15) is 33.9 Å². The largest absolute Gasteiger partial charge is 0.481 e. The summed E-state index contributed by atoms with van der Waals surface area (Å²) in [6.07, 6.45) is -5.94. The first kappa shape index (κ1) is 42.1. The number of aliphatic hydroxyl groups is 1. The van der Waals surface area contributed by atoms with Crippen LogP contribution in [0.25, 0.3) is 0 Å². The first-order valence-electron chi connectivity index (χ1n) is 6.30. The van der Waals surface area contributed by atoms with Gasteiger partial charge in [0, 0.05) is 39.0 Å². The molecule has 0 saturated carbocycles. The molecular formula is C12H20O16Zn2. The van der Waals surface area contributed by atoms with Gasteiger partial charge < -0.3 is 51.8 Å². The van der Waals surface area contributed by atoms with E-state index in [0.717, 1.165) is 0 Å². The van der Waals surface area contributed by atoms with Crippen LogP contribution in [0.5, 0.6) is 0 Å². The molecule has 0 aliphatic carbocycles. The third kappa shape index (κ3) is 13.2. The van der Waals surface area contributed by atoms with Gasteiger partial charge in [-0.3, -0.25) is 19.2 Å². The molecule has 0 amide bonds. The molecule has 0 aliphatic rings. The van der Waals surface area contributed by atoms with Crippen LogP contribution >= 0.6 is 0 Å². The van der Waals surface area contributed by atoms with Crippen molar-refractivity contribution in [2.45, 2.75) is 36.9 Å². The van der Waals surface area contributed by atoms with E-state index in [4.69, 9.17) is 25.5 Å². The molecule has 0 radical (unpaired) electrons. The Morgan fingerprint density at radius 3 is 1.17 bits per heavy atom. The summed E-state index contributed by atoms with van der Waals surface area (Å²) in [5, 5.41) is 53.5. The number of carbonyl (C=O) groups is 6. The van der Waals surface area contributed by atoms with E-state index in [1.54, 1.807) is 0 Å². The van der Waals surface area contributed by atoms with Crippen LogP contribution in [0.1, 0.15) is 25.7 Å². The molecule has 0 spiro atoms. The topological polar surface area (TPSA) is 328 Å². The Morgan fingerprint density at radius 1 is 0.600 bits per heavy atom. The molecule has 0 heterocycles. The number of carboxylic acid groups (broad SMARTS) is 5. The predicted molar refractivity (Wildman–Crippen MR) is 81.3 cm³/mol. The molecule has 0 aromatic carbocycles.